The van der Waals surface area contributed by atoms with Gasteiger partial charge in [-0.25, -0.2) is 4.39 Å². The number of hydrogen-bond acceptors (Lipinski definition) is 4. The third-order valence-corrected chi connectivity index (χ3v) is 7.46. The zero-order valence-electron chi connectivity index (χ0n) is 18.0. The number of halogens is 2. The van der Waals surface area contributed by atoms with Crippen molar-refractivity contribution in [1.29, 1.82) is 0 Å². The van der Waals surface area contributed by atoms with Crippen molar-refractivity contribution in [2.75, 3.05) is 27.4 Å². The quantitative estimate of drug-likeness (QED) is 0.569. The van der Waals surface area contributed by atoms with Crippen LogP contribution in [0.15, 0.2) is 66.7 Å². The highest BCUT2D eigenvalue weighted by atomic mass is 35.5. The topological polar surface area (TPSA) is 69.7 Å². The molecule has 3 aromatic carbocycles. The van der Waals surface area contributed by atoms with Crippen LogP contribution in [0.4, 0.5) is 21.5 Å². The van der Waals surface area contributed by atoms with E-state index in [0.717, 1.165) is 5.56 Å². The molecule has 0 aromatic heterocycles. The van der Waals surface area contributed by atoms with Gasteiger partial charge in [-0.3, -0.25) is 24.2 Å². The van der Waals surface area contributed by atoms with Crippen LogP contribution in [0.1, 0.15) is 11.1 Å². The average Bonchev–Trinajstić information content (AvgIpc) is 3.27. The van der Waals surface area contributed by atoms with Crippen LogP contribution in [0, 0.1) is 12.7 Å². The number of aryl methyl sites for hydroxylation is 1. The fourth-order valence-electron chi connectivity index (χ4n) is 4.34. The molecule has 1 spiro atoms. The third kappa shape index (κ3) is 3.63. The van der Waals surface area contributed by atoms with Crippen molar-refractivity contribution in [3.05, 3.63) is 88.7 Å². The smallest absolute Gasteiger partial charge is 0.269 e. The number of nitrogens with one attached hydrogen (secondary N) is 1. The first-order chi connectivity index (χ1) is 16.3. The van der Waals surface area contributed by atoms with Crippen molar-refractivity contribution < 1.29 is 18.8 Å². The highest BCUT2D eigenvalue weighted by molar-refractivity contribution is 8.02. The Labute approximate surface area is 204 Å². The van der Waals surface area contributed by atoms with Crippen molar-refractivity contribution in [2.45, 2.75) is 11.8 Å². The number of carbonyl (C=O) groups excluding carboxylic acids is 3. The summed E-state index contributed by atoms with van der Waals surface area (Å²) in [7, 11) is 0. The average molecular weight is 496 g/mol. The van der Waals surface area contributed by atoms with Gasteiger partial charge in [-0.1, -0.05) is 29.3 Å². The maximum absolute atomic E-state index is 14.0. The van der Waals surface area contributed by atoms with Gasteiger partial charge in [-0.15, -0.1) is 11.8 Å². The molecule has 172 valence electrons. The fourth-order valence-corrected chi connectivity index (χ4v) is 5.82. The zero-order valence-corrected chi connectivity index (χ0v) is 19.6. The molecule has 6 nitrogen and oxygen atoms in total. The highest BCUT2D eigenvalue weighted by Crippen LogP contribution is 2.55. The van der Waals surface area contributed by atoms with Crippen molar-refractivity contribution in [3.8, 4) is 0 Å². The van der Waals surface area contributed by atoms with Gasteiger partial charge in [0.15, 0.2) is 0 Å². The van der Waals surface area contributed by atoms with Gasteiger partial charge < -0.3 is 5.32 Å². The molecule has 3 aromatic rings. The number of thioether (sulfide) groups is 1. The molecule has 3 amide bonds. The van der Waals surface area contributed by atoms with Crippen LogP contribution in [-0.2, 0) is 19.3 Å². The van der Waals surface area contributed by atoms with Crippen LogP contribution < -0.4 is 15.1 Å². The van der Waals surface area contributed by atoms with Gasteiger partial charge in [0, 0.05) is 22.0 Å². The maximum atomic E-state index is 14.0. The van der Waals surface area contributed by atoms with Crippen LogP contribution in [0.5, 0.6) is 0 Å². The summed E-state index contributed by atoms with van der Waals surface area (Å²) in [6, 6.07) is 17.7. The molecule has 5 rings (SSSR count). The Kier molecular flexibility index (Phi) is 5.58. The van der Waals surface area contributed by atoms with Gasteiger partial charge in [0.1, 0.15) is 12.4 Å². The van der Waals surface area contributed by atoms with E-state index in [-0.39, 0.29) is 30.0 Å². The number of fused-ring (bicyclic) bond motifs is 2. The summed E-state index contributed by atoms with van der Waals surface area (Å²) in [5, 5.41) is 3.32. The molecule has 0 saturated carbocycles. The summed E-state index contributed by atoms with van der Waals surface area (Å²) in [6.07, 6.45) is 0. The second-order valence-corrected chi connectivity index (χ2v) is 9.71. The molecule has 1 unspecified atom stereocenters. The van der Waals surface area contributed by atoms with E-state index in [1.54, 1.807) is 30.3 Å². The summed E-state index contributed by atoms with van der Waals surface area (Å²) >= 11 is 7.12. The van der Waals surface area contributed by atoms with Crippen molar-refractivity contribution >= 4 is 58.1 Å². The largest absolute Gasteiger partial charge is 0.325 e. The van der Waals surface area contributed by atoms with Crippen molar-refractivity contribution in [2.24, 2.45) is 0 Å². The van der Waals surface area contributed by atoms with Gasteiger partial charge in [0.05, 0.1) is 11.4 Å². The first-order valence-corrected chi connectivity index (χ1v) is 11.9. The number of benzene rings is 3. The lowest BCUT2D eigenvalue weighted by Gasteiger charge is -2.33. The van der Waals surface area contributed by atoms with Crippen LogP contribution in [-0.4, -0.2) is 30.0 Å². The predicted molar refractivity (Wildman–Crippen MR) is 132 cm³/mol. The molecule has 34 heavy (non-hydrogen) atoms. The molecule has 2 aliphatic rings. The van der Waals surface area contributed by atoms with E-state index >= 15 is 0 Å². The summed E-state index contributed by atoms with van der Waals surface area (Å²) in [5.41, 5.74) is 3.09. The summed E-state index contributed by atoms with van der Waals surface area (Å²) in [5.74, 6) is -1.39. The Morgan fingerprint density at radius 1 is 1.09 bits per heavy atom. The Morgan fingerprint density at radius 2 is 1.79 bits per heavy atom. The summed E-state index contributed by atoms with van der Waals surface area (Å²) in [4.78, 5) is 41.3. The fraction of sp³-hybridized carbons (Fsp3) is 0.160. The maximum Gasteiger partial charge on any atom is 0.269 e. The van der Waals surface area contributed by atoms with Gasteiger partial charge >= 0.3 is 0 Å². The molecular formula is C25H19ClFN3O3S. The van der Waals surface area contributed by atoms with E-state index in [0.29, 0.717) is 27.6 Å². The van der Waals surface area contributed by atoms with E-state index in [1.807, 2.05) is 19.1 Å². The monoisotopic (exact) mass is 495 g/mol. The Morgan fingerprint density at radius 3 is 2.50 bits per heavy atom. The first kappa shape index (κ1) is 22.4. The molecular weight excluding hydrogens is 477 g/mol. The van der Waals surface area contributed by atoms with E-state index in [4.69, 9.17) is 11.6 Å². The Hall–Kier alpha value is -3.36. The third-order valence-electron chi connectivity index (χ3n) is 5.83. The van der Waals surface area contributed by atoms with Gasteiger partial charge in [0.25, 0.3) is 5.91 Å². The lowest BCUT2D eigenvalue weighted by Crippen LogP contribution is -2.50. The Bertz CT molecular complexity index is 1320. The SMILES string of the molecule is Cc1ccc2c(c1)C1(SCC(=O)N1c1ccc(F)cc1)C(=O)N2CC(=O)Nc1ccc(Cl)cc1. The van der Waals surface area contributed by atoms with Crippen LogP contribution in [0.25, 0.3) is 0 Å². The molecule has 2 aliphatic heterocycles. The zero-order chi connectivity index (χ0) is 24.0. The van der Waals surface area contributed by atoms with Crippen LogP contribution in [0.2, 0.25) is 5.02 Å². The second kappa shape index (κ2) is 8.45. The van der Waals surface area contributed by atoms with E-state index in [1.165, 1.54) is 45.8 Å². The van der Waals surface area contributed by atoms with Gasteiger partial charge in [0.2, 0.25) is 16.7 Å². The molecule has 9 heteroatoms. The molecule has 0 aliphatic carbocycles. The standard InChI is InChI=1S/C25H19ClFN3O3S/c1-15-2-11-21-20(12-15)25(30(23(32)14-34-25)19-9-5-17(27)6-10-19)24(33)29(21)13-22(31)28-18-7-3-16(26)4-8-18/h2-12H,13-14H2,1H3,(H,28,31). The van der Waals surface area contributed by atoms with E-state index in [9.17, 15) is 18.8 Å². The number of hydrogen-bond donors (Lipinski definition) is 1. The minimum atomic E-state index is -1.36. The predicted octanol–water partition coefficient (Wildman–Crippen LogP) is 4.71. The normalized spacial score (nSPS) is 19.1. The van der Waals surface area contributed by atoms with Crippen molar-refractivity contribution in [3.63, 3.8) is 0 Å². The lowest BCUT2D eigenvalue weighted by atomic mass is 10.0. The van der Waals surface area contributed by atoms with Crippen molar-refractivity contribution in [1.82, 2.24) is 0 Å². The summed E-state index contributed by atoms with van der Waals surface area (Å²) in [6.45, 7) is 1.67. The first-order valence-electron chi connectivity index (χ1n) is 10.5. The van der Waals surface area contributed by atoms with Gasteiger partial charge in [-0.05, 0) is 61.5 Å². The van der Waals surface area contributed by atoms with Crippen LogP contribution in [0.3, 0.4) is 0 Å². The molecule has 2 heterocycles. The number of rotatable bonds is 4. The molecule has 0 radical (unpaired) electrons. The number of nitrogens with zero attached hydrogens (tertiary/aromatic N) is 2. The minimum absolute atomic E-state index is 0.0846. The molecule has 1 fully saturated rings. The summed E-state index contributed by atoms with van der Waals surface area (Å²) < 4.78 is 13.6. The molecule has 0 bridgehead atoms. The lowest BCUT2D eigenvalue weighted by molar-refractivity contribution is -0.124. The van der Waals surface area contributed by atoms with Gasteiger partial charge in [-0.2, -0.15) is 0 Å². The van der Waals surface area contributed by atoms with E-state index < -0.39 is 10.7 Å². The highest BCUT2D eigenvalue weighted by Gasteiger charge is 2.61. The Balaban J connectivity index is 1.53. The second-order valence-electron chi connectivity index (χ2n) is 8.11. The molecule has 1 N–H and O–H groups in total. The van der Waals surface area contributed by atoms with E-state index in [2.05, 4.69) is 5.32 Å². The molecule has 1 atom stereocenters. The number of amides is 3. The van der Waals surface area contributed by atoms with Crippen LogP contribution >= 0.6 is 23.4 Å². The minimum Gasteiger partial charge on any atom is -0.325 e. The molecule has 1 saturated heterocycles. The number of anilines is 3. The number of carbonyl (C=O) groups is 3.